The van der Waals surface area contributed by atoms with Gasteiger partial charge in [0.05, 0.1) is 6.10 Å². The van der Waals surface area contributed by atoms with Gasteiger partial charge in [-0.25, -0.2) is 0 Å². The molecule has 0 heterocycles. The summed E-state index contributed by atoms with van der Waals surface area (Å²) in [6, 6.07) is 0. The highest BCUT2D eigenvalue weighted by atomic mass is 16.4. The molecule has 0 spiro atoms. The lowest BCUT2D eigenvalue weighted by Gasteiger charge is -2.62. The summed E-state index contributed by atoms with van der Waals surface area (Å²) in [6.45, 7) is 8.66. The molecule has 3 rings (SSSR count). The van der Waals surface area contributed by atoms with Crippen molar-refractivity contribution in [2.45, 2.75) is 72.3 Å². The number of aliphatic carboxylic acids is 1. The summed E-state index contributed by atoms with van der Waals surface area (Å²) in [5, 5.41) is 19.7. The van der Waals surface area contributed by atoms with E-state index in [1.54, 1.807) is 0 Å². The first-order valence-electron chi connectivity index (χ1n) is 9.51. The minimum absolute atomic E-state index is 0.00962. The largest absolute Gasteiger partial charge is 0.481 e. The quantitative estimate of drug-likeness (QED) is 0.809. The summed E-state index contributed by atoms with van der Waals surface area (Å²) >= 11 is 0. The lowest BCUT2D eigenvalue weighted by Crippen LogP contribution is -2.60. The zero-order valence-corrected chi connectivity index (χ0v) is 15.4. The van der Waals surface area contributed by atoms with Gasteiger partial charge in [0, 0.05) is 18.8 Å². The van der Waals surface area contributed by atoms with Crippen molar-refractivity contribution >= 4 is 11.8 Å². The van der Waals surface area contributed by atoms with Crippen LogP contribution in [0.3, 0.4) is 0 Å². The van der Waals surface area contributed by atoms with E-state index in [1.165, 1.54) is 0 Å². The van der Waals surface area contributed by atoms with Crippen LogP contribution in [0.2, 0.25) is 0 Å². The van der Waals surface area contributed by atoms with E-state index in [0.717, 1.165) is 25.7 Å². The van der Waals surface area contributed by atoms with Gasteiger partial charge in [0.1, 0.15) is 5.78 Å². The lowest BCUT2D eigenvalue weighted by molar-refractivity contribution is -0.179. The third-order valence-corrected chi connectivity index (χ3v) is 8.16. The first-order chi connectivity index (χ1) is 11.1. The molecule has 0 aromatic heterocycles. The van der Waals surface area contributed by atoms with E-state index >= 15 is 0 Å². The van der Waals surface area contributed by atoms with E-state index < -0.39 is 5.97 Å². The van der Waals surface area contributed by atoms with Gasteiger partial charge < -0.3 is 10.2 Å². The Kier molecular flexibility index (Phi) is 4.35. The number of carbonyl (C=O) groups is 2. The molecule has 0 bridgehead atoms. The van der Waals surface area contributed by atoms with Crippen molar-refractivity contribution in [3.05, 3.63) is 0 Å². The molecule has 3 aliphatic carbocycles. The van der Waals surface area contributed by atoms with Crippen LogP contribution in [0, 0.1) is 40.4 Å². The monoisotopic (exact) mass is 336 g/mol. The van der Waals surface area contributed by atoms with Crippen LogP contribution in [-0.2, 0) is 9.59 Å². The van der Waals surface area contributed by atoms with Crippen molar-refractivity contribution in [2.75, 3.05) is 0 Å². The van der Waals surface area contributed by atoms with Gasteiger partial charge in [-0.1, -0.05) is 27.7 Å². The average Bonchev–Trinajstić information content (AvgIpc) is 2.48. The molecular formula is C20H32O4. The Balaban J connectivity index is 1.92. The smallest absolute Gasteiger partial charge is 0.303 e. The van der Waals surface area contributed by atoms with Crippen LogP contribution >= 0.6 is 0 Å². The molecule has 0 radical (unpaired) electrons. The summed E-state index contributed by atoms with van der Waals surface area (Å²) < 4.78 is 0. The van der Waals surface area contributed by atoms with Crippen LogP contribution in [0.5, 0.6) is 0 Å². The molecule has 2 N–H and O–H groups in total. The van der Waals surface area contributed by atoms with Crippen LogP contribution in [-0.4, -0.2) is 28.1 Å². The standard InChI is InChI=1S/C20H32O4/c1-11-12(9-17(23)24)5-6-13-18(11)14(21)10-15-19(2,3)16(22)7-8-20(13,15)4/h11-13,15-16,18,22H,5-10H2,1-4H3,(H,23,24). The zero-order chi connectivity index (χ0) is 17.9. The van der Waals surface area contributed by atoms with Crippen molar-refractivity contribution in [3.8, 4) is 0 Å². The maximum Gasteiger partial charge on any atom is 0.303 e. The highest BCUT2D eigenvalue weighted by molar-refractivity contribution is 5.83. The minimum atomic E-state index is -0.750. The number of aliphatic hydroxyl groups is 1. The van der Waals surface area contributed by atoms with Crippen LogP contribution in [0.25, 0.3) is 0 Å². The SMILES string of the molecule is CC1C(CC(=O)O)CCC2C1C(=O)CC1C(C)(C)C(O)CCC21C. The second-order valence-corrected chi connectivity index (χ2v) is 9.53. The van der Waals surface area contributed by atoms with Gasteiger partial charge in [-0.15, -0.1) is 0 Å². The Hall–Kier alpha value is -0.900. The van der Waals surface area contributed by atoms with Gasteiger partial charge in [-0.05, 0) is 60.2 Å². The molecule has 0 aromatic rings. The number of rotatable bonds is 2. The number of hydrogen-bond donors (Lipinski definition) is 2. The summed E-state index contributed by atoms with van der Waals surface area (Å²) in [6.07, 6.45) is 4.05. The number of carboxylic acids is 1. The van der Waals surface area contributed by atoms with Gasteiger partial charge in [0.2, 0.25) is 0 Å². The number of Topliss-reactive ketones (excluding diaryl/α,β-unsaturated/α-hetero) is 1. The number of carbonyl (C=O) groups excluding carboxylic acids is 1. The Morgan fingerprint density at radius 3 is 2.50 bits per heavy atom. The Labute approximate surface area is 145 Å². The van der Waals surface area contributed by atoms with Crippen molar-refractivity contribution in [1.82, 2.24) is 0 Å². The van der Waals surface area contributed by atoms with Crippen LogP contribution in [0.1, 0.15) is 66.2 Å². The number of ketones is 1. The molecule has 4 heteroatoms. The molecule has 4 nitrogen and oxygen atoms in total. The molecule has 136 valence electrons. The highest BCUT2D eigenvalue weighted by Gasteiger charge is 2.61. The van der Waals surface area contributed by atoms with Crippen molar-refractivity contribution in [2.24, 2.45) is 40.4 Å². The summed E-state index contributed by atoms with van der Waals surface area (Å²) in [5.74, 6) is 0.415. The molecular weight excluding hydrogens is 304 g/mol. The number of aliphatic hydroxyl groups excluding tert-OH is 1. The van der Waals surface area contributed by atoms with Gasteiger partial charge in [-0.2, -0.15) is 0 Å². The average molecular weight is 336 g/mol. The fourth-order valence-electron chi connectivity index (χ4n) is 6.62. The minimum Gasteiger partial charge on any atom is -0.481 e. The molecule has 3 saturated carbocycles. The topological polar surface area (TPSA) is 74.6 Å². The van der Waals surface area contributed by atoms with E-state index in [2.05, 4.69) is 27.7 Å². The molecule has 7 unspecified atom stereocenters. The Morgan fingerprint density at radius 2 is 1.88 bits per heavy atom. The number of fused-ring (bicyclic) bond motifs is 3. The zero-order valence-electron chi connectivity index (χ0n) is 15.4. The molecule has 7 atom stereocenters. The van der Waals surface area contributed by atoms with Crippen molar-refractivity contribution in [3.63, 3.8) is 0 Å². The van der Waals surface area contributed by atoms with Crippen LogP contribution in [0.4, 0.5) is 0 Å². The van der Waals surface area contributed by atoms with Crippen molar-refractivity contribution in [1.29, 1.82) is 0 Å². The van der Waals surface area contributed by atoms with Gasteiger partial charge in [-0.3, -0.25) is 9.59 Å². The molecule has 0 amide bonds. The summed E-state index contributed by atoms with van der Waals surface area (Å²) in [7, 11) is 0. The predicted molar refractivity (Wildman–Crippen MR) is 91.4 cm³/mol. The fourth-order valence-corrected chi connectivity index (χ4v) is 6.62. The first kappa shape index (κ1) is 17.9. The van der Waals surface area contributed by atoms with E-state index in [1.807, 2.05) is 0 Å². The Bertz CT molecular complexity index is 540. The number of carboxylic acid groups (broad SMARTS) is 1. The van der Waals surface area contributed by atoms with Gasteiger partial charge >= 0.3 is 5.97 Å². The van der Waals surface area contributed by atoms with E-state index in [-0.39, 0.29) is 47.0 Å². The lowest BCUT2D eigenvalue weighted by atomic mass is 9.42. The first-order valence-corrected chi connectivity index (χ1v) is 9.51. The van der Waals surface area contributed by atoms with Crippen molar-refractivity contribution < 1.29 is 19.8 Å². The fraction of sp³-hybridized carbons (Fsp3) is 0.900. The summed E-state index contributed by atoms with van der Waals surface area (Å²) in [4.78, 5) is 24.2. The highest BCUT2D eigenvalue weighted by Crippen LogP contribution is 2.64. The maximum atomic E-state index is 13.0. The molecule has 3 aliphatic rings. The Morgan fingerprint density at radius 1 is 1.21 bits per heavy atom. The molecule has 0 saturated heterocycles. The van der Waals surface area contributed by atoms with Gasteiger partial charge in [0.25, 0.3) is 0 Å². The number of hydrogen-bond acceptors (Lipinski definition) is 3. The third-order valence-electron chi connectivity index (χ3n) is 8.16. The molecule has 0 aromatic carbocycles. The second-order valence-electron chi connectivity index (χ2n) is 9.53. The third kappa shape index (κ3) is 2.53. The summed E-state index contributed by atoms with van der Waals surface area (Å²) in [5.41, 5.74) is -0.140. The predicted octanol–water partition coefficient (Wildman–Crippen LogP) is 3.52. The van der Waals surface area contributed by atoms with E-state index in [9.17, 15) is 14.7 Å². The maximum absolute atomic E-state index is 13.0. The normalized spacial score (nSPS) is 47.6. The van der Waals surface area contributed by atoms with Gasteiger partial charge in [0.15, 0.2) is 0 Å². The molecule has 24 heavy (non-hydrogen) atoms. The van der Waals surface area contributed by atoms with Crippen LogP contribution in [0.15, 0.2) is 0 Å². The molecule has 3 fully saturated rings. The van der Waals surface area contributed by atoms with E-state index in [0.29, 0.717) is 18.1 Å². The van der Waals surface area contributed by atoms with Crippen LogP contribution < -0.4 is 0 Å². The second kappa shape index (κ2) is 5.82. The van der Waals surface area contributed by atoms with E-state index in [4.69, 9.17) is 5.11 Å². The molecule has 0 aliphatic heterocycles.